The fourth-order valence-corrected chi connectivity index (χ4v) is 3.98. The van der Waals surface area contributed by atoms with Gasteiger partial charge in [0.1, 0.15) is 11.5 Å². The summed E-state index contributed by atoms with van der Waals surface area (Å²) in [6.45, 7) is 1.99. The van der Waals surface area contributed by atoms with Gasteiger partial charge in [-0.15, -0.1) is 0 Å². The number of rotatable bonds is 4. The highest BCUT2D eigenvalue weighted by Gasteiger charge is 2.22. The van der Waals surface area contributed by atoms with Crippen LogP contribution in [0.15, 0.2) is 44.7 Å². The van der Waals surface area contributed by atoms with Crippen LogP contribution in [0.4, 0.5) is 0 Å². The molecule has 0 fully saturated rings. The zero-order valence-electron chi connectivity index (χ0n) is 14.6. The van der Waals surface area contributed by atoms with Crippen LogP contribution in [0.25, 0.3) is 11.3 Å². The molecule has 3 aromatic rings. The van der Waals surface area contributed by atoms with Crippen molar-refractivity contribution in [3.63, 3.8) is 0 Å². The number of nitrogens with zero attached hydrogens (tertiary/aromatic N) is 2. The summed E-state index contributed by atoms with van der Waals surface area (Å²) >= 11 is 13.8. The first kappa shape index (κ1) is 18.6. The molecule has 1 aliphatic heterocycles. The van der Waals surface area contributed by atoms with E-state index in [0.717, 1.165) is 35.5 Å². The average molecular weight is 422 g/mol. The molecule has 5 nitrogen and oxygen atoms in total. The van der Waals surface area contributed by atoms with Crippen LogP contribution in [0.1, 0.15) is 17.0 Å². The van der Waals surface area contributed by atoms with Crippen molar-refractivity contribution in [2.75, 3.05) is 12.8 Å². The second-order valence-electron chi connectivity index (χ2n) is 6.35. The molecule has 0 aliphatic carbocycles. The third-order valence-corrected chi connectivity index (χ3v) is 5.70. The highest BCUT2D eigenvalue weighted by molar-refractivity contribution is 7.98. The standard InChI is InChI=1S/C19H17Cl2N3O2S/c1-27-19-22-16-6-7-24(10-14(16)18(25)23-19)9-12-3-5-17(26-12)13-8-11(20)2-4-15(13)21/h2-5,8H,6-7,9-10H2,1H3,(H,22,23,25). The van der Waals surface area contributed by atoms with Crippen molar-refractivity contribution in [2.45, 2.75) is 24.7 Å². The van der Waals surface area contributed by atoms with Gasteiger partial charge in [-0.3, -0.25) is 9.69 Å². The van der Waals surface area contributed by atoms with E-state index < -0.39 is 0 Å². The maximum atomic E-state index is 12.3. The zero-order chi connectivity index (χ0) is 19.0. The van der Waals surface area contributed by atoms with Gasteiger partial charge in [-0.05, 0) is 36.6 Å². The molecule has 27 heavy (non-hydrogen) atoms. The lowest BCUT2D eigenvalue weighted by Crippen LogP contribution is -2.35. The maximum absolute atomic E-state index is 12.3. The first-order valence-corrected chi connectivity index (χ1v) is 10.4. The normalized spacial score (nSPS) is 14.3. The molecule has 0 atom stereocenters. The van der Waals surface area contributed by atoms with E-state index in [0.29, 0.717) is 34.1 Å². The molecule has 0 unspecified atom stereocenters. The number of benzene rings is 1. The van der Waals surface area contributed by atoms with Crippen molar-refractivity contribution in [3.8, 4) is 11.3 Å². The number of H-pyrrole nitrogens is 1. The Morgan fingerprint density at radius 1 is 1.30 bits per heavy atom. The Balaban J connectivity index is 1.52. The summed E-state index contributed by atoms with van der Waals surface area (Å²) in [5.74, 6) is 1.49. The zero-order valence-corrected chi connectivity index (χ0v) is 16.9. The molecule has 0 bridgehead atoms. The van der Waals surface area contributed by atoms with Crippen LogP contribution in [0.3, 0.4) is 0 Å². The third-order valence-electron chi connectivity index (χ3n) is 4.55. The Hall–Kier alpha value is -1.73. The molecule has 4 rings (SSSR count). The molecule has 0 spiro atoms. The van der Waals surface area contributed by atoms with Gasteiger partial charge < -0.3 is 9.40 Å². The van der Waals surface area contributed by atoms with E-state index >= 15 is 0 Å². The number of nitrogens with one attached hydrogen (secondary N) is 1. The van der Waals surface area contributed by atoms with E-state index in [1.165, 1.54) is 11.8 Å². The summed E-state index contributed by atoms with van der Waals surface area (Å²) in [5, 5.41) is 1.87. The highest BCUT2D eigenvalue weighted by atomic mass is 35.5. The van der Waals surface area contributed by atoms with E-state index in [1.54, 1.807) is 18.2 Å². The van der Waals surface area contributed by atoms with Gasteiger partial charge in [0.15, 0.2) is 5.16 Å². The van der Waals surface area contributed by atoms with E-state index in [4.69, 9.17) is 27.6 Å². The van der Waals surface area contributed by atoms with Gasteiger partial charge in [0.05, 0.1) is 22.8 Å². The number of thioether (sulfide) groups is 1. The van der Waals surface area contributed by atoms with E-state index in [1.807, 2.05) is 18.4 Å². The SMILES string of the molecule is CSc1nc2c(c(=O)[nH]1)CN(Cc1ccc(-c3cc(Cl)ccc3Cl)o1)CC2. The van der Waals surface area contributed by atoms with Crippen molar-refractivity contribution in [1.29, 1.82) is 0 Å². The summed E-state index contributed by atoms with van der Waals surface area (Å²) in [7, 11) is 0. The Morgan fingerprint density at radius 3 is 2.96 bits per heavy atom. The van der Waals surface area contributed by atoms with Gasteiger partial charge in [0.2, 0.25) is 0 Å². The Morgan fingerprint density at radius 2 is 2.15 bits per heavy atom. The van der Waals surface area contributed by atoms with Crippen LogP contribution in [-0.2, 0) is 19.5 Å². The van der Waals surface area contributed by atoms with E-state index in [-0.39, 0.29) is 5.56 Å². The monoisotopic (exact) mass is 421 g/mol. The number of aromatic nitrogens is 2. The molecule has 1 N–H and O–H groups in total. The number of hydrogen-bond donors (Lipinski definition) is 1. The molecular weight excluding hydrogens is 405 g/mol. The minimum atomic E-state index is -0.0557. The lowest BCUT2D eigenvalue weighted by Gasteiger charge is -2.26. The number of hydrogen-bond acceptors (Lipinski definition) is 5. The highest BCUT2D eigenvalue weighted by Crippen LogP contribution is 2.32. The largest absolute Gasteiger partial charge is 0.460 e. The summed E-state index contributed by atoms with van der Waals surface area (Å²) < 4.78 is 5.97. The fourth-order valence-electron chi connectivity index (χ4n) is 3.20. The van der Waals surface area contributed by atoms with Crippen LogP contribution in [0.5, 0.6) is 0 Å². The van der Waals surface area contributed by atoms with E-state index in [2.05, 4.69) is 14.9 Å². The van der Waals surface area contributed by atoms with Crippen molar-refractivity contribution >= 4 is 35.0 Å². The van der Waals surface area contributed by atoms with Crippen LogP contribution in [-0.4, -0.2) is 27.7 Å². The molecular formula is C19H17Cl2N3O2S. The molecule has 1 aromatic carbocycles. The van der Waals surface area contributed by atoms with Crippen LogP contribution in [0.2, 0.25) is 10.0 Å². The quantitative estimate of drug-likeness (QED) is 0.491. The Bertz CT molecular complexity index is 1050. The summed E-state index contributed by atoms with van der Waals surface area (Å²) in [6, 6.07) is 9.12. The van der Waals surface area contributed by atoms with Gasteiger partial charge in [-0.1, -0.05) is 35.0 Å². The van der Waals surface area contributed by atoms with Gasteiger partial charge >= 0.3 is 0 Å². The third kappa shape index (κ3) is 3.94. The first-order chi connectivity index (χ1) is 13.0. The maximum Gasteiger partial charge on any atom is 0.256 e. The predicted octanol–water partition coefficient (Wildman–Crippen LogP) is 4.62. The van der Waals surface area contributed by atoms with Crippen LogP contribution in [0, 0.1) is 0 Å². The number of fused-ring (bicyclic) bond motifs is 1. The summed E-state index contributed by atoms with van der Waals surface area (Å²) in [5.41, 5.74) is 2.35. The average Bonchev–Trinajstić information content (AvgIpc) is 3.12. The Labute approximate surface area is 170 Å². The van der Waals surface area contributed by atoms with Gasteiger partial charge in [0.25, 0.3) is 5.56 Å². The van der Waals surface area contributed by atoms with E-state index in [9.17, 15) is 4.79 Å². The number of furan rings is 1. The molecule has 0 amide bonds. The molecule has 0 saturated heterocycles. The molecule has 8 heteroatoms. The lowest BCUT2D eigenvalue weighted by molar-refractivity contribution is 0.222. The van der Waals surface area contributed by atoms with Crippen molar-refractivity contribution in [1.82, 2.24) is 14.9 Å². The lowest BCUT2D eigenvalue weighted by atomic mass is 10.1. The Kier molecular flexibility index (Phi) is 5.32. The van der Waals surface area contributed by atoms with Crippen LogP contribution < -0.4 is 5.56 Å². The molecule has 140 valence electrons. The summed E-state index contributed by atoms with van der Waals surface area (Å²) in [6.07, 6.45) is 2.65. The van der Waals surface area contributed by atoms with Crippen molar-refractivity contribution in [3.05, 3.63) is 67.7 Å². The molecule has 0 radical (unpaired) electrons. The van der Waals surface area contributed by atoms with Crippen LogP contribution >= 0.6 is 35.0 Å². The molecule has 0 saturated carbocycles. The molecule has 1 aliphatic rings. The minimum Gasteiger partial charge on any atom is -0.460 e. The van der Waals surface area contributed by atoms with Gasteiger partial charge in [-0.2, -0.15) is 0 Å². The van der Waals surface area contributed by atoms with Crippen molar-refractivity contribution < 1.29 is 4.42 Å². The van der Waals surface area contributed by atoms with Gasteiger partial charge in [0, 0.05) is 30.1 Å². The number of halogens is 2. The van der Waals surface area contributed by atoms with Crippen molar-refractivity contribution in [2.24, 2.45) is 0 Å². The molecule has 3 heterocycles. The topological polar surface area (TPSA) is 62.1 Å². The summed E-state index contributed by atoms with van der Waals surface area (Å²) in [4.78, 5) is 21.8. The smallest absolute Gasteiger partial charge is 0.256 e. The second-order valence-corrected chi connectivity index (χ2v) is 7.99. The molecule has 2 aromatic heterocycles. The predicted molar refractivity (Wildman–Crippen MR) is 109 cm³/mol. The first-order valence-electron chi connectivity index (χ1n) is 8.46. The second kappa shape index (κ2) is 7.72. The minimum absolute atomic E-state index is 0.0557. The fraction of sp³-hybridized carbons (Fsp3) is 0.263. The van der Waals surface area contributed by atoms with Gasteiger partial charge in [-0.25, -0.2) is 4.98 Å². The number of aromatic amines is 1.